The summed E-state index contributed by atoms with van der Waals surface area (Å²) in [5.41, 5.74) is 6.37. The quantitative estimate of drug-likeness (QED) is 0.483. The van der Waals surface area contributed by atoms with Gasteiger partial charge in [0.15, 0.2) is 11.6 Å². The van der Waals surface area contributed by atoms with E-state index in [9.17, 15) is 9.59 Å². The standard InChI is InChI=1S/C28H28O2/c1-27(2,3)23-15-21(17-11-7-9-13-19(17)25(23)29)22-16-24(28(4,5)6)26(30)20-14-10-8-12-18(20)22/h7-16H,1-6H3. The van der Waals surface area contributed by atoms with Gasteiger partial charge in [0.25, 0.3) is 0 Å². The molecule has 0 saturated heterocycles. The number of rotatable bonds is 0. The molecule has 0 saturated carbocycles. The predicted octanol–water partition coefficient (Wildman–Crippen LogP) is 6.94. The summed E-state index contributed by atoms with van der Waals surface area (Å²) in [6, 6.07) is 15.6. The molecule has 0 aliphatic heterocycles. The third kappa shape index (κ3) is 3.21. The Morgan fingerprint density at radius 2 is 0.800 bits per heavy atom. The molecule has 2 aliphatic carbocycles. The molecule has 30 heavy (non-hydrogen) atoms. The molecule has 0 aromatic heterocycles. The van der Waals surface area contributed by atoms with Gasteiger partial charge in [0.05, 0.1) is 0 Å². The minimum Gasteiger partial charge on any atom is -0.289 e. The molecule has 0 fully saturated rings. The van der Waals surface area contributed by atoms with Crippen molar-refractivity contribution in [2.75, 3.05) is 0 Å². The molecule has 2 aromatic rings. The van der Waals surface area contributed by atoms with E-state index in [0.29, 0.717) is 0 Å². The van der Waals surface area contributed by atoms with Crippen molar-refractivity contribution in [2.24, 2.45) is 10.8 Å². The van der Waals surface area contributed by atoms with Gasteiger partial charge in [0.2, 0.25) is 0 Å². The van der Waals surface area contributed by atoms with Crippen molar-refractivity contribution in [1.29, 1.82) is 0 Å². The number of ketones is 2. The Kier molecular flexibility index (Phi) is 4.58. The van der Waals surface area contributed by atoms with Crippen LogP contribution in [-0.2, 0) is 0 Å². The van der Waals surface area contributed by atoms with Crippen molar-refractivity contribution in [2.45, 2.75) is 41.5 Å². The van der Waals surface area contributed by atoms with E-state index in [2.05, 4.69) is 41.5 Å². The maximum Gasteiger partial charge on any atom is 0.190 e. The normalized spacial score (nSPS) is 19.1. The monoisotopic (exact) mass is 396 g/mol. The van der Waals surface area contributed by atoms with Crippen LogP contribution in [0.1, 0.15) is 73.4 Å². The van der Waals surface area contributed by atoms with E-state index in [4.69, 9.17) is 0 Å². The first-order chi connectivity index (χ1) is 14.0. The molecule has 0 spiro atoms. The van der Waals surface area contributed by atoms with Crippen LogP contribution in [0.2, 0.25) is 0 Å². The zero-order chi connectivity index (χ0) is 21.8. The minimum absolute atomic E-state index is 0.0858. The zero-order valence-electron chi connectivity index (χ0n) is 18.6. The van der Waals surface area contributed by atoms with Crippen LogP contribution in [-0.4, -0.2) is 11.6 Å². The Hall–Kier alpha value is -3.00. The van der Waals surface area contributed by atoms with E-state index < -0.39 is 0 Å². The fourth-order valence-corrected chi connectivity index (χ4v) is 4.26. The van der Waals surface area contributed by atoms with Gasteiger partial charge in [0.1, 0.15) is 0 Å². The van der Waals surface area contributed by atoms with Gasteiger partial charge in [-0.2, -0.15) is 0 Å². The van der Waals surface area contributed by atoms with Crippen molar-refractivity contribution in [1.82, 2.24) is 0 Å². The summed E-state index contributed by atoms with van der Waals surface area (Å²) in [5, 5.41) is 0. The molecular formula is C28H28O2. The summed E-state index contributed by atoms with van der Waals surface area (Å²) in [6.45, 7) is 12.4. The van der Waals surface area contributed by atoms with Crippen molar-refractivity contribution >= 4 is 22.7 Å². The topological polar surface area (TPSA) is 34.1 Å². The van der Waals surface area contributed by atoms with Crippen LogP contribution in [0.4, 0.5) is 0 Å². The molecule has 0 bridgehead atoms. The van der Waals surface area contributed by atoms with E-state index in [1.54, 1.807) is 0 Å². The highest BCUT2D eigenvalue weighted by Crippen LogP contribution is 2.45. The van der Waals surface area contributed by atoms with E-state index in [-0.39, 0.29) is 22.4 Å². The van der Waals surface area contributed by atoms with Gasteiger partial charge in [-0.15, -0.1) is 0 Å². The number of hydrogen-bond acceptors (Lipinski definition) is 2. The first kappa shape index (κ1) is 20.3. The molecule has 2 nitrogen and oxygen atoms in total. The summed E-state index contributed by atoms with van der Waals surface area (Å²) in [5.74, 6) is 0.172. The predicted molar refractivity (Wildman–Crippen MR) is 123 cm³/mol. The van der Waals surface area contributed by atoms with Gasteiger partial charge < -0.3 is 0 Å². The van der Waals surface area contributed by atoms with Gasteiger partial charge in [0, 0.05) is 22.3 Å². The number of allylic oxidation sites excluding steroid dienone is 6. The Balaban J connectivity index is 2.14. The van der Waals surface area contributed by atoms with Crippen LogP contribution in [0.5, 0.6) is 0 Å². The fraction of sp³-hybridized carbons (Fsp3) is 0.286. The van der Waals surface area contributed by atoms with Crippen LogP contribution in [0.3, 0.4) is 0 Å². The van der Waals surface area contributed by atoms with Crippen molar-refractivity contribution in [3.05, 3.63) is 94.1 Å². The molecule has 0 radical (unpaired) electrons. The summed E-state index contributed by atoms with van der Waals surface area (Å²) in [6.07, 6.45) is 4.09. The second-order valence-electron chi connectivity index (χ2n) is 10.2. The summed E-state index contributed by atoms with van der Waals surface area (Å²) < 4.78 is 0. The van der Waals surface area contributed by atoms with Gasteiger partial charge in [-0.05, 0) is 45.3 Å². The lowest BCUT2D eigenvalue weighted by Crippen LogP contribution is -2.24. The molecule has 4 rings (SSSR count). The Bertz CT molecular complexity index is 1080. The van der Waals surface area contributed by atoms with Gasteiger partial charge in [-0.1, -0.05) is 90.1 Å². The number of carbonyl (C=O) groups excluding carboxylic acids is 2. The van der Waals surface area contributed by atoms with E-state index in [0.717, 1.165) is 44.5 Å². The Morgan fingerprint density at radius 1 is 0.500 bits per heavy atom. The van der Waals surface area contributed by atoms with Gasteiger partial charge >= 0.3 is 0 Å². The molecule has 0 N–H and O–H groups in total. The molecular weight excluding hydrogens is 368 g/mol. The lowest BCUT2D eigenvalue weighted by molar-refractivity contribution is 0.0999. The first-order valence-electron chi connectivity index (χ1n) is 10.5. The Labute approximate surface area is 179 Å². The van der Waals surface area contributed by atoms with Gasteiger partial charge in [-0.25, -0.2) is 0 Å². The highest BCUT2D eigenvalue weighted by molar-refractivity contribution is 6.23. The molecule has 2 aliphatic rings. The number of fused-ring (bicyclic) bond motifs is 2. The zero-order valence-corrected chi connectivity index (χ0v) is 18.6. The second kappa shape index (κ2) is 6.77. The third-order valence-electron chi connectivity index (χ3n) is 5.90. The van der Waals surface area contributed by atoms with Crippen molar-refractivity contribution in [3.63, 3.8) is 0 Å². The third-order valence-corrected chi connectivity index (χ3v) is 5.90. The highest BCUT2D eigenvalue weighted by Gasteiger charge is 2.35. The maximum atomic E-state index is 13.3. The van der Waals surface area contributed by atoms with Crippen LogP contribution < -0.4 is 0 Å². The summed E-state index contributed by atoms with van der Waals surface area (Å²) in [4.78, 5) is 26.5. The second-order valence-corrected chi connectivity index (χ2v) is 10.2. The van der Waals surface area contributed by atoms with Crippen molar-refractivity contribution < 1.29 is 9.59 Å². The number of carbonyl (C=O) groups is 2. The lowest BCUT2D eigenvalue weighted by Gasteiger charge is -2.31. The molecule has 0 heterocycles. The fourth-order valence-electron chi connectivity index (χ4n) is 4.26. The molecule has 2 aromatic carbocycles. The van der Waals surface area contributed by atoms with Crippen LogP contribution in [0.15, 0.2) is 71.8 Å². The van der Waals surface area contributed by atoms with Gasteiger partial charge in [-0.3, -0.25) is 9.59 Å². The smallest absolute Gasteiger partial charge is 0.190 e. The maximum absolute atomic E-state index is 13.3. The minimum atomic E-state index is -0.281. The highest BCUT2D eigenvalue weighted by atomic mass is 16.1. The van der Waals surface area contributed by atoms with E-state index in [1.165, 1.54) is 0 Å². The van der Waals surface area contributed by atoms with Crippen LogP contribution >= 0.6 is 0 Å². The molecule has 152 valence electrons. The van der Waals surface area contributed by atoms with E-state index in [1.807, 2.05) is 60.7 Å². The number of hydrogen-bond donors (Lipinski definition) is 0. The largest absolute Gasteiger partial charge is 0.289 e. The SMILES string of the molecule is CC(C)(C)C1=CC(=C2C=C(C(C)(C)C)C(=O)c3ccccc32)c2ccccc2C1=O. The van der Waals surface area contributed by atoms with Crippen LogP contribution in [0.25, 0.3) is 11.1 Å². The average molecular weight is 397 g/mol. The summed E-state index contributed by atoms with van der Waals surface area (Å²) >= 11 is 0. The average Bonchev–Trinajstić information content (AvgIpc) is 2.67. The molecule has 0 atom stereocenters. The lowest BCUT2D eigenvalue weighted by atomic mass is 9.71. The molecule has 2 heteroatoms. The van der Waals surface area contributed by atoms with Crippen molar-refractivity contribution in [3.8, 4) is 0 Å². The number of Topliss-reactive ketones (excluding diaryl/α,β-unsaturated/α-hetero) is 2. The van der Waals surface area contributed by atoms with Crippen LogP contribution in [0, 0.1) is 10.8 Å². The molecule has 0 amide bonds. The summed E-state index contributed by atoms with van der Waals surface area (Å²) in [7, 11) is 0. The Morgan fingerprint density at radius 3 is 1.10 bits per heavy atom. The van der Waals surface area contributed by atoms with E-state index >= 15 is 0 Å². The first-order valence-corrected chi connectivity index (χ1v) is 10.5. The molecule has 0 unspecified atom stereocenters. The number of benzene rings is 2.